The molecule has 0 unspecified atom stereocenters. The maximum absolute atomic E-state index is 13.0. The van der Waals surface area contributed by atoms with Gasteiger partial charge in [0.2, 0.25) is 5.76 Å². The number of nitrogens with zero attached hydrogens (tertiary/aromatic N) is 1. The molecule has 0 saturated carbocycles. The van der Waals surface area contributed by atoms with Crippen LogP contribution in [0.4, 0.5) is 4.39 Å². The molecule has 0 atom stereocenters. The van der Waals surface area contributed by atoms with Crippen molar-refractivity contribution in [2.75, 3.05) is 13.7 Å². The van der Waals surface area contributed by atoms with Gasteiger partial charge in [0.25, 0.3) is 5.91 Å². The highest BCUT2D eigenvalue weighted by atomic mass is 35.5. The highest BCUT2D eigenvalue weighted by molar-refractivity contribution is 6.31. The summed E-state index contributed by atoms with van der Waals surface area (Å²) in [5, 5.41) is 10.1. The van der Waals surface area contributed by atoms with Gasteiger partial charge in [0.1, 0.15) is 5.82 Å². The average Bonchev–Trinajstić information content (AvgIpc) is 2.66. The van der Waals surface area contributed by atoms with Gasteiger partial charge in [0.15, 0.2) is 0 Å². The zero-order valence-electron chi connectivity index (χ0n) is 14.7. The van der Waals surface area contributed by atoms with E-state index in [1.54, 1.807) is 36.4 Å². The van der Waals surface area contributed by atoms with Crippen LogP contribution in [0.5, 0.6) is 0 Å². The first kappa shape index (κ1) is 20.5. The molecule has 142 valence electrons. The fourth-order valence-electron chi connectivity index (χ4n) is 2.39. The van der Waals surface area contributed by atoms with E-state index in [-0.39, 0.29) is 18.9 Å². The average molecular weight is 392 g/mol. The van der Waals surface area contributed by atoms with E-state index in [1.807, 2.05) is 0 Å². The topological polar surface area (TPSA) is 66.8 Å². The summed E-state index contributed by atoms with van der Waals surface area (Å²) >= 11 is 6.17. The molecule has 1 N–H and O–H groups in total. The van der Waals surface area contributed by atoms with Gasteiger partial charge in [0.05, 0.1) is 13.2 Å². The van der Waals surface area contributed by atoms with Crippen molar-refractivity contribution >= 4 is 23.5 Å². The molecule has 27 heavy (non-hydrogen) atoms. The van der Waals surface area contributed by atoms with Gasteiger partial charge in [-0.25, -0.2) is 9.18 Å². The Morgan fingerprint density at radius 2 is 1.85 bits per heavy atom. The van der Waals surface area contributed by atoms with E-state index < -0.39 is 17.6 Å². The number of carbonyl (C=O) groups excluding carboxylic acids is 2. The zero-order valence-corrected chi connectivity index (χ0v) is 15.4. The van der Waals surface area contributed by atoms with Gasteiger partial charge < -0.3 is 14.7 Å². The summed E-state index contributed by atoms with van der Waals surface area (Å²) in [4.78, 5) is 25.3. The van der Waals surface area contributed by atoms with Gasteiger partial charge in [-0.1, -0.05) is 41.9 Å². The number of hydrogen-bond donors (Lipinski definition) is 1. The summed E-state index contributed by atoms with van der Waals surface area (Å²) in [6.45, 7) is 0.464. The van der Waals surface area contributed by atoms with E-state index in [2.05, 4.69) is 4.74 Å². The van der Waals surface area contributed by atoms with Gasteiger partial charge in [-0.2, -0.15) is 0 Å². The van der Waals surface area contributed by atoms with Crippen molar-refractivity contribution in [2.24, 2.45) is 0 Å². The van der Waals surface area contributed by atoms with E-state index in [0.717, 1.165) is 24.3 Å². The Labute approximate surface area is 161 Å². The third kappa shape index (κ3) is 6.11. The number of ether oxygens (including phenoxy) is 1. The van der Waals surface area contributed by atoms with Crippen LogP contribution in [-0.4, -0.2) is 35.5 Å². The lowest BCUT2D eigenvalue weighted by molar-refractivity contribution is -0.139. The molecule has 0 aliphatic heterocycles. The molecule has 0 saturated heterocycles. The van der Waals surface area contributed by atoms with E-state index in [1.165, 1.54) is 17.0 Å². The van der Waals surface area contributed by atoms with Crippen LogP contribution < -0.4 is 0 Å². The Balaban J connectivity index is 2.19. The highest BCUT2D eigenvalue weighted by Crippen LogP contribution is 2.18. The lowest BCUT2D eigenvalue weighted by Crippen LogP contribution is -2.32. The molecule has 0 bridgehead atoms. The fourth-order valence-corrected chi connectivity index (χ4v) is 2.58. The standard InChI is InChI=1S/C20H19ClFNO4/c1-27-20(26)18(24)12-19(25)23(13-15-4-2-3-5-17(15)21)11-10-14-6-8-16(22)9-7-14/h2-9,12,24H,10-11,13H2,1H3/b18-12-. The quantitative estimate of drug-likeness (QED) is 0.444. The minimum absolute atomic E-state index is 0.185. The summed E-state index contributed by atoms with van der Waals surface area (Å²) in [7, 11) is 1.10. The van der Waals surface area contributed by atoms with Crippen LogP contribution in [0.3, 0.4) is 0 Å². The second-order valence-corrected chi connectivity index (χ2v) is 6.16. The second kappa shape index (κ2) is 9.73. The molecule has 0 radical (unpaired) electrons. The van der Waals surface area contributed by atoms with E-state index in [0.29, 0.717) is 11.4 Å². The van der Waals surface area contributed by atoms with Crippen molar-refractivity contribution in [1.29, 1.82) is 0 Å². The minimum atomic E-state index is -1.00. The summed E-state index contributed by atoms with van der Waals surface area (Å²) in [5.41, 5.74) is 1.56. The van der Waals surface area contributed by atoms with Gasteiger partial charge in [-0.3, -0.25) is 4.79 Å². The van der Waals surface area contributed by atoms with Crippen LogP contribution in [0.2, 0.25) is 5.02 Å². The van der Waals surface area contributed by atoms with Crippen LogP contribution >= 0.6 is 11.6 Å². The summed E-state index contributed by atoms with van der Waals surface area (Å²) in [5.74, 6) is -2.69. The molecular weight excluding hydrogens is 373 g/mol. The zero-order chi connectivity index (χ0) is 19.8. The number of amides is 1. The lowest BCUT2D eigenvalue weighted by atomic mass is 10.1. The molecular formula is C20H19ClFNO4. The van der Waals surface area contributed by atoms with Crippen LogP contribution in [0.25, 0.3) is 0 Å². The maximum atomic E-state index is 13.0. The summed E-state index contributed by atoms with van der Waals surface area (Å²) in [6.07, 6.45) is 1.27. The molecule has 2 aromatic carbocycles. The Bertz CT molecular complexity index is 836. The van der Waals surface area contributed by atoms with Gasteiger partial charge in [-0.05, 0) is 35.7 Å². The molecule has 5 nitrogen and oxygen atoms in total. The van der Waals surface area contributed by atoms with Crippen molar-refractivity contribution < 1.29 is 23.8 Å². The van der Waals surface area contributed by atoms with Crippen LogP contribution in [0.15, 0.2) is 60.4 Å². The number of aliphatic hydroxyl groups is 1. The molecule has 7 heteroatoms. The van der Waals surface area contributed by atoms with Gasteiger partial charge in [0, 0.05) is 18.1 Å². The number of methoxy groups -OCH3 is 1. The van der Waals surface area contributed by atoms with Crippen molar-refractivity contribution in [3.63, 3.8) is 0 Å². The number of hydrogen-bond acceptors (Lipinski definition) is 4. The Kier molecular flexibility index (Phi) is 7.37. The van der Waals surface area contributed by atoms with E-state index in [4.69, 9.17) is 11.6 Å². The van der Waals surface area contributed by atoms with E-state index >= 15 is 0 Å². The molecule has 0 spiro atoms. The Morgan fingerprint density at radius 3 is 2.48 bits per heavy atom. The Hall–Kier alpha value is -2.86. The number of esters is 1. The molecule has 0 heterocycles. The van der Waals surface area contributed by atoms with Crippen LogP contribution in [0, 0.1) is 5.82 Å². The van der Waals surface area contributed by atoms with Gasteiger partial charge >= 0.3 is 5.97 Å². The van der Waals surface area contributed by atoms with Crippen molar-refractivity contribution in [3.8, 4) is 0 Å². The van der Waals surface area contributed by atoms with Crippen molar-refractivity contribution in [3.05, 3.63) is 82.3 Å². The number of benzene rings is 2. The molecule has 0 fully saturated rings. The SMILES string of the molecule is COC(=O)/C(O)=C/C(=O)N(CCc1ccc(F)cc1)Cc1ccccc1Cl. The largest absolute Gasteiger partial charge is 0.502 e. The minimum Gasteiger partial charge on any atom is -0.502 e. The van der Waals surface area contributed by atoms with Gasteiger partial charge in [-0.15, -0.1) is 0 Å². The van der Waals surface area contributed by atoms with Crippen molar-refractivity contribution in [2.45, 2.75) is 13.0 Å². The third-order valence-corrected chi connectivity index (χ3v) is 4.24. The summed E-state index contributed by atoms with van der Waals surface area (Å²) < 4.78 is 17.4. The highest BCUT2D eigenvalue weighted by Gasteiger charge is 2.17. The monoisotopic (exact) mass is 391 g/mol. The smallest absolute Gasteiger partial charge is 0.373 e. The van der Waals surface area contributed by atoms with Crippen molar-refractivity contribution in [1.82, 2.24) is 4.90 Å². The van der Waals surface area contributed by atoms with Crippen LogP contribution in [0.1, 0.15) is 11.1 Å². The number of aliphatic hydroxyl groups excluding tert-OH is 1. The molecule has 0 aliphatic rings. The fraction of sp³-hybridized carbons (Fsp3) is 0.200. The Morgan fingerprint density at radius 1 is 1.19 bits per heavy atom. The number of halogens is 2. The molecule has 0 aliphatic carbocycles. The molecule has 2 aromatic rings. The predicted octanol–water partition coefficient (Wildman–Crippen LogP) is 3.67. The third-order valence-electron chi connectivity index (χ3n) is 3.87. The first-order valence-electron chi connectivity index (χ1n) is 8.16. The van der Waals surface area contributed by atoms with Crippen LogP contribution in [-0.2, 0) is 27.3 Å². The number of carbonyl (C=O) groups is 2. The molecule has 2 rings (SSSR count). The maximum Gasteiger partial charge on any atom is 0.373 e. The molecule has 1 amide bonds. The number of rotatable bonds is 7. The lowest BCUT2D eigenvalue weighted by Gasteiger charge is -2.22. The predicted molar refractivity (Wildman–Crippen MR) is 99.7 cm³/mol. The molecule has 0 aromatic heterocycles. The first-order chi connectivity index (χ1) is 12.9. The van der Waals surface area contributed by atoms with E-state index in [9.17, 15) is 19.1 Å². The second-order valence-electron chi connectivity index (χ2n) is 5.75. The summed E-state index contributed by atoms with van der Waals surface area (Å²) in [6, 6.07) is 13.0. The normalized spacial score (nSPS) is 11.1. The first-order valence-corrected chi connectivity index (χ1v) is 8.54.